The molecule has 7 atom stereocenters. The number of aliphatic imine (C=N–C) groups is 2. The molecule has 0 saturated carbocycles. The van der Waals surface area contributed by atoms with Gasteiger partial charge in [0.25, 0.3) is 0 Å². The molecule has 2 aromatic carbocycles. The second-order valence-electron chi connectivity index (χ2n) is 18.6. The maximum atomic E-state index is 14.7. The first-order chi connectivity index (χ1) is 37.6. The van der Waals surface area contributed by atoms with E-state index in [1.165, 1.54) is 0 Å². The molecule has 1 aromatic heterocycles. The van der Waals surface area contributed by atoms with Crippen molar-refractivity contribution in [3.05, 3.63) is 71.9 Å². The highest BCUT2D eigenvalue weighted by Crippen LogP contribution is 2.20. The van der Waals surface area contributed by atoms with E-state index in [9.17, 15) is 57.8 Å². The third-order valence-electron chi connectivity index (χ3n) is 12.3. The number of rotatable bonds is 20. The van der Waals surface area contributed by atoms with Crippen LogP contribution < -0.4 is 76.5 Å². The number of aromatic nitrogens is 1. The minimum Gasteiger partial charge on any atom is -0.480 e. The summed E-state index contributed by atoms with van der Waals surface area (Å²) in [5.41, 5.74) is 28.9. The number of Topliss-reactive ketones (excluding diaryl/α,β-unsaturated/α-hetero) is 1. The lowest BCUT2D eigenvalue weighted by Gasteiger charge is -2.28. The van der Waals surface area contributed by atoms with Crippen LogP contribution in [0.2, 0.25) is 0 Å². The molecule has 1 aliphatic rings. The van der Waals surface area contributed by atoms with Crippen LogP contribution in [0, 0.1) is 0 Å². The van der Waals surface area contributed by atoms with E-state index in [0.29, 0.717) is 22.0 Å². The molecule has 1 fully saturated rings. The summed E-state index contributed by atoms with van der Waals surface area (Å²) in [7, 11) is 0. The van der Waals surface area contributed by atoms with Gasteiger partial charge in [0.2, 0.25) is 47.3 Å². The number of para-hydroxylation sites is 1. The number of nitrogens with zero attached hydrogens (tertiary/aromatic N) is 2. The summed E-state index contributed by atoms with van der Waals surface area (Å²) in [5, 5.41) is 33.5. The molecule has 10 amide bonds. The third kappa shape index (κ3) is 22.1. The number of benzene rings is 2. The topological polar surface area (TPSA) is 487 Å². The van der Waals surface area contributed by atoms with Crippen molar-refractivity contribution in [2.45, 2.75) is 120 Å². The zero-order valence-corrected chi connectivity index (χ0v) is 43.6. The zero-order chi connectivity index (χ0) is 58.0. The number of nitrogens with two attached hydrogens (primary N) is 5. The monoisotopic (exact) mass is 1100 g/mol. The van der Waals surface area contributed by atoms with Crippen molar-refractivity contribution in [2.24, 2.45) is 38.7 Å². The number of primary amides is 1. The second kappa shape index (κ2) is 31.7. The normalized spacial score (nSPS) is 20.5. The van der Waals surface area contributed by atoms with Gasteiger partial charge in [0, 0.05) is 69.3 Å². The number of aliphatic carboxylic acids is 1. The Morgan fingerprint density at radius 2 is 1.30 bits per heavy atom. The molecule has 3 aromatic rings. The predicted octanol–water partition coefficient (Wildman–Crippen LogP) is -4.12. The second-order valence-corrected chi connectivity index (χ2v) is 18.6. The Balaban J connectivity index is 1.82. The molecule has 0 radical (unpaired) electrons. The smallest absolute Gasteiger partial charge is 0.326 e. The average molecular weight is 1100 g/mol. The standard InChI is InChI=1S/C50H71N17O12/c1-27(68)61-33(14-7-20-57-48(51)52)41(71)63-35-17-18-40(70)56-19-9-16-36(47(77)78)64-45(75)38(23-29-25-59-32-13-6-5-12-31(29)32)66-42(72)34(15-8-21-58-49(53)54)62-44(74)37(22-28-10-3-2-4-11-28)65-46(76)39(67-43(35)73)24-30(69)26-60-50(55)79/h2-6,10-13,25,33-39,59H,7-9,14-24,26H2,1H3,(H,56,70)(H,61,68)(H,62,74)(H,63,71)(H,64,75)(H,65,76)(H,66,72)(H,67,73)(H,77,78)(H4,51,52,57)(H4,53,54,58)(H3,55,60,79)/t33-,34-,35-,36-,37+,38-,39-/m0/s1. The van der Waals surface area contributed by atoms with Crippen LogP contribution in [-0.4, -0.2) is 156 Å². The highest BCUT2D eigenvalue weighted by molar-refractivity contribution is 6.00. The maximum Gasteiger partial charge on any atom is 0.326 e. The number of urea groups is 1. The fourth-order valence-electron chi connectivity index (χ4n) is 8.33. The highest BCUT2D eigenvalue weighted by atomic mass is 16.4. The lowest BCUT2D eigenvalue weighted by molar-refractivity contribution is -0.142. The van der Waals surface area contributed by atoms with Crippen LogP contribution in [0.5, 0.6) is 0 Å². The number of nitrogens with one attached hydrogen (secondary N) is 10. The van der Waals surface area contributed by atoms with E-state index >= 15 is 0 Å². The molecule has 21 N–H and O–H groups in total. The van der Waals surface area contributed by atoms with Gasteiger partial charge in [-0.1, -0.05) is 48.5 Å². The largest absolute Gasteiger partial charge is 0.480 e. The number of carboxylic acids is 1. The van der Waals surface area contributed by atoms with Crippen LogP contribution in [0.15, 0.2) is 70.8 Å². The van der Waals surface area contributed by atoms with Crippen LogP contribution >= 0.6 is 0 Å². The molecule has 1 aliphatic heterocycles. The lowest BCUT2D eigenvalue weighted by Crippen LogP contribution is -2.60. The van der Waals surface area contributed by atoms with Crippen LogP contribution in [0.25, 0.3) is 10.9 Å². The van der Waals surface area contributed by atoms with Gasteiger partial charge < -0.3 is 86.6 Å². The summed E-state index contributed by atoms with van der Waals surface area (Å²) in [5.74, 6) is -9.95. The predicted molar refractivity (Wildman–Crippen MR) is 287 cm³/mol. The Morgan fingerprint density at radius 1 is 0.709 bits per heavy atom. The Hall–Kier alpha value is -9.31. The van der Waals surface area contributed by atoms with Gasteiger partial charge in [-0.2, -0.15) is 0 Å². The van der Waals surface area contributed by atoms with E-state index < -0.39 is 133 Å². The minimum absolute atomic E-state index is 0.00909. The summed E-state index contributed by atoms with van der Waals surface area (Å²) in [6.07, 6.45) is -0.679. The van der Waals surface area contributed by atoms with E-state index in [1.54, 1.807) is 60.8 Å². The van der Waals surface area contributed by atoms with Gasteiger partial charge in [0.1, 0.15) is 42.3 Å². The summed E-state index contributed by atoms with van der Waals surface area (Å²) in [6.45, 7) is 0.364. The molecule has 79 heavy (non-hydrogen) atoms. The van der Waals surface area contributed by atoms with E-state index in [4.69, 9.17) is 28.7 Å². The Morgan fingerprint density at radius 3 is 1.96 bits per heavy atom. The molecule has 29 nitrogen and oxygen atoms in total. The number of H-pyrrole nitrogens is 1. The first-order valence-electron chi connectivity index (χ1n) is 25.4. The van der Waals surface area contributed by atoms with E-state index in [2.05, 4.69) is 62.8 Å². The van der Waals surface area contributed by atoms with Crippen molar-refractivity contribution < 1.29 is 57.8 Å². The van der Waals surface area contributed by atoms with Crippen molar-refractivity contribution in [1.29, 1.82) is 0 Å². The van der Waals surface area contributed by atoms with Gasteiger partial charge in [-0.05, 0) is 62.1 Å². The van der Waals surface area contributed by atoms with Crippen LogP contribution in [0.3, 0.4) is 0 Å². The van der Waals surface area contributed by atoms with Crippen LogP contribution in [0.4, 0.5) is 4.79 Å². The molecule has 4 rings (SSSR count). The first kappa shape index (κ1) is 62.2. The van der Waals surface area contributed by atoms with Gasteiger partial charge in [-0.15, -0.1) is 0 Å². The Labute approximate surface area is 454 Å². The number of fused-ring (bicyclic) bond motifs is 1. The summed E-state index contributed by atoms with van der Waals surface area (Å²) >= 11 is 0. The molecule has 2 heterocycles. The van der Waals surface area contributed by atoms with E-state index in [0.717, 1.165) is 6.92 Å². The number of amides is 10. The fourth-order valence-corrected chi connectivity index (χ4v) is 8.33. The van der Waals surface area contributed by atoms with Crippen molar-refractivity contribution in [1.82, 2.24) is 52.8 Å². The number of guanidine groups is 2. The molecule has 0 bridgehead atoms. The lowest BCUT2D eigenvalue weighted by atomic mass is 10.0. The molecule has 0 unspecified atom stereocenters. The van der Waals surface area contributed by atoms with Gasteiger partial charge in [-0.3, -0.25) is 53.1 Å². The number of aromatic amines is 1. The average Bonchev–Trinajstić information content (AvgIpc) is 3.86. The van der Waals surface area contributed by atoms with Crippen molar-refractivity contribution in [2.75, 3.05) is 26.2 Å². The van der Waals surface area contributed by atoms with E-state index in [1.807, 2.05) is 0 Å². The zero-order valence-electron chi connectivity index (χ0n) is 43.6. The SMILES string of the molecule is CC(=O)N[C@@H](CCCN=C(N)N)C(=O)N[C@H]1CCC(=O)NCCC[C@@H](C(=O)O)NC(=O)[C@H](Cc2c[nH]c3ccccc23)NC(=O)[C@H](CCCN=C(N)N)NC(=O)[C@@H](Cc2ccccc2)NC(=O)[C@H](CC(=O)CNC(N)=O)NC1=O. The number of carboxylic acid groups (broad SMARTS) is 1. The molecule has 1 saturated heterocycles. The molecule has 29 heteroatoms. The minimum atomic E-state index is -1.86. The summed E-state index contributed by atoms with van der Waals surface area (Å²) < 4.78 is 0. The third-order valence-corrected chi connectivity index (χ3v) is 12.3. The Bertz CT molecular complexity index is 2710. The number of hydrogen-bond acceptors (Lipinski definition) is 13. The number of ketones is 1. The van der Waals surface area contributed by atoms with Gasteiger partial charge >= 0.3 is 12.0 Å². The molecular formula is C50H71N17O12. The van der Waals surface area contributed by atoms with Gasteiger partial charge in [0.05, 0.1) is 6.54 Å². The van der Waals surface area contributed by atoms with Crippen LogP contribution in [0.1, 0.15) is 75.8 Å². The molecular weight excluding hydrogens is 1030 g/mol. The van der Waals surface area contributed by atoms with Crippen molar-refractivity contribution >= 4 is 87.9 Å². The van der Waals surface area contributed by atoms with Crippen LogP contribution in [-0.2, 0) is 60.8 Å². The van der Waals surface area contributed by atoms with Crippen molar-refractivity contribution in [3.63, 3.8) is 0 Å². The summed E-state index contributed by atoms with van der Waals surface area (Å²) in [6, 6.07) is 3.49. The van der Waals surface area contributed by atoms with Gasteiger partial charge in [-0.25, -0.2) is 9.59 Å². The molecule has 428 valence electrons. The molecule has 0 spiro atoms. The van der Waals surface area contributed by atoms with E-state index in [-0.39, 0.29) is 82.9 Å². The van der Waals surface area contributed by atoms with Crippen molar-refractivity contribution in [3.8, 4) is 0 Å². The highest BCUT2D eigenvalue weighted by Gasteiger charge is 2.35. The number of carbonyl (C=O) groups is 11. The first-order valence-corrected chi connectivity index (χ1v) is 25.4. The summed E-state index contributed by atoms with van der Waals surface area (Å²) in [4.78, 5) is 160. The Kier molecular flexibility index (Phi) is 24.9. The quantitative estimate of drug-likeness (QED) is 0.0290. The maximum absolute atomic E-state index is 14.7. The number of carbonyl (C=O) groups excluding carboxylic acids is 10. The molecule has 0 aliphatic carbocycles. The fraction of sp³-hybridized carbons (Fsp3) is 0.460. The van der Waals surface area contributed by atoms with Gasteiger partial charge in [0.15, 0.2) is 17.7 Å². The number of hydrogen-bond donors (Lipinski definition) is 16.